The highest BCUT2D eigenvalue weighted by Gasteiger charge is 2.15. The Morgan fingerprint density at radius 3 is 2.70 bits per heavy atom. The molecule has 6 nitrogen and oxygen atoms in total. The van der Waals surface area contributed by atoms with Crippen LogP contribution in [0.3, 0.4) is 0 Å². The number of para-hydroxylation sites is 1. The first-order valence-electron chi connectivity index (χ1n) is 6.00. The number of carboxylic acids is 1. The van der Waals surface area contributed by atoms with E-state index in [-0.39, 0.29) is 5.56 Å². The van der Waals surface area contributed by atoms with Gasteiger partial charge in [-0.15, -0.1) is 0 Å². The molecular formula is C14H15N3O3. The van der Waals surface area contributed by atoms with E-state index < -0.39 is 5.97 Å². The number of aryl methyl sites for hydroxylation is 1. The lowest BCUT2D eigenvalue weighted by Crippen LogP contribution is -2.12. The summed E-state index contributed by atoms with van der Waals surface area (Å²) in [5, 5.41) is 9.19. The van der Waals surface area contributed by atoms with Crippen LogP contribution in [0.4, 0.5) is 5.95 Å². The topological polar surface area (TPSA) is 75.6 Å². The predicted octanol–water partition coefficient (Wildman–Crippen LogP) is 2.34. The molecule has 20 heavy (non-hydrogen) atoms. The summed E-state index contributed by atoms with van der Waals surface area (Å²) < 4.78 is 5.63. The van der Waals surface area contributed by atoms with Crippen LogP contribution in [0.5, 0.6) is 11.6 Å². The SMILES string of the molecule is Cc1cccc(C(=O)O)c1Oc1ccnc(N(C)C)n1. The molecule has 0 atom stereocenters. The van der Waals surface area contributed by atoms with E-state index in [4.69, 9.17) is 4.74 Å². The number of anilines is 1. The van der Waals surface area contributed by atoms with Crippen molar-refractivity contribution in [2.24, 2.45) is 0 Å². The molecule has 0 aliphatic heterocycles. The van der Waals surface area contributed by atoms with Gasteiger partial charge >= 0.3 is 5.97 Å². The van der Waals surface area contributed by atoms with Crippen molar-refractivity contribution in [1.29, 1.82) is 0 Å². The Morgan fingerprint density at radius 1 is 1.30 bits per heavy atom. The van der Waals surface area contributed by atoms with Crippen molar-refractivity contribution in [1.82, 2.24) is 9.97 Å². The first-order chi connectivity index (χ1) is 9.49. The monoisotopic (exact) mass is 273 g/mol. The van der Waals surface area contributed by atoms with Crippen molar-refractivity contribution in [3.63, 3.8) is 0 Å². The lowest BCUT2D eigenvalue weighted by molar-refractivity contribution is 0.0694. The second kappa shape index (κ2) is 5.56. The molecule has 1 N–H and O–H groups in total. The second-order valence-electron chi connectivity index (χ2n) is 4.45. The van der Waals surface area contributed by atoms with Gasteiger partial charge in [0.15, 0.2) is 0 Å². The number of hydrogen-bond donors (Lipinski definition) is 1. The van der Waals surface area contributed by atoms with Crippen LogP contribution in [0.2, 0.25) is 0 Å². The molecule has 6 heteroatoms. The Bertz CT molecular complexity index is 641. The van der Waals surface area contributed by atoms with Gasteiger partial charge < -0.3 is 14.7 Å². The zero-order valence-electron chi connectivity index (χ0n) is 11.5. The quantitative estimate of drug-likeness (QED) is 0.921. The summed E-state index contributed by atoms with van der Waals surface area (Å²) >= 11 is 0. The van der Waals surface area contributed by atoms with Crippen molar-refractivity contribution in [3.8, 4) is 11.6 Å². The van der Waals surface area contributed by atoms with E-state index in [0.717, 1.165) is 5.56 Å². The molecule has 104 valence electrons. The Morgan fingerprint density at radius 2 is 2.05 bits per heavy atom. The van der Waals surface area contributed by atoms with Crippen LogP contribution in [-0.2, 0) is 0 Å². The minimum atomic E-state index is -1.04. The maximum Gasteiger partial charge on any atom is 0.339 e. The van der Waals surface area contributed by atoms with Crippen molar-refractivity contribution in [3.05, 3.63) is 41.6 Å². The van der Waals surface area contributed by atoms with Gasteiger partial charge in [-0.1, -0.05) is 12.1 Å². The van der Waals surface area contributed by atoms with Crippen LogP contribution in [0.25, 0.3) is 0 Å². The van der Waals surface area contributed by atoms with E-state index in [1.165, 1.54) is 6.07 Å². The number of benzene rings is 1. The Labute approximate surface area is 116 Å². The summed E-state index contributed by atoms with van der Waals surface area (Å²) in [4.78, 5) is 21.2. The molecule has 2 aromatic rings. The lowest BCUT2D eigenvalue weighted by Gasteiger charge is -2.13. The molecule has 2 rings (SSSR count). The fourth-order valence-corrected chi connectivity index (χ4v) is 1.67. The predicted molar refractivity (Wildman–Crippen MR) is 74.6 cm³/mol. The summed E-state index contributed by atoms with van der Waals surface area (Å²) in [6.45, 7) is 1.79. The normalized spacial score (nSPS) is 10.2. The van der Waals surface area contributed by atoms with Crippen LogP contribution in [0, 0.1) is 6.92 Å². The summed E-state index contributed by atoms with van der Waals surface area (Å²) in [6, 6.07) is 6.55. The van der Waals surface area contributed by atoms with Crippen LogP contribution in [0.1, 0.15) is 15.9 Å². The van der Waals surface area contributed by atoms with E-state index in [1.807, 2.05) is 14.1 Å². The average Bonchev–Trinajstić information content (AvgIpc) is 2.41. The zero-order chi connectivity index (χ0) is 14.7. The lowest BCUT2D eigenvalue weighted by atomic mass is 10.1. The van der Waals surface area contributed by atoms with Crippen LogP contribution >= 0.6 is 0 Å². The molecule has 1 aromatic heterocycles. The number of aromatic carboxylic acids is 1. The van der Waals surface area contributed by atoms with Crippen LogP contribution in [-0.4, -0.2) is 35.1 Å². The summed E-state index contributed by atoms with van der Waals surface area (Å²) in [7, 11) is 3.63. The molecule has 0 fully saturated rings. The minimum absolute atomic E-state index is 0.106. The highest BCUT2D eigenvalue weighted by Crippen LogP contribution is 2.28. The molecule has 1 heterocycles. The van der Waals surface area contributed by atoms with Gasteiger partial charge in [0.2, 0.25) is 11.8 Å². The Kier molecular flexibility index (Phi) is 3.84. The molecule has 0 aliphatic rings. The van der Waals surface area contributed by atoms with E-state index in [2.05, 4.69) is 9.97 Å². The fraction of sp³-hybridized carbons (Fsp3) is 0.214. The largest absolute Gasteiger partial charge is 0.478 e. The summed E-state index contributed by atoms with van der Waals surface area (Å²) in [5.74, 6) is 0.0578. The number of hydrogen-bond acceptors (Lipinski definition) is 5. The second-order valence-corrected chi connectivity index (χ2v) is 4.45. The molecule has 0 saturated heterocycles. The molecule has 0 bridgehead atoms. The summed E-state index contributed by atoms with van der Waals surface area (Å²) in [6.07, 6.45) is 1.57. The number of aromatic nitrogens is 2. The van der Waals surface area contributed by atoms with Gasteiger partial charge in [0, 0.05) is 26.4 Å². The molecule has 0 aliphatic carbocycles. The third-order valence-corrected chi connectivity index (χ3v) is 2.67. The molecule has 1 aromatic carbocycles. The summed E-state index contributed by atoms with van der Waals surface area (Å²) in [5.41, 5.74) is 0.838. The number of carbonyl (C=O) groups is 1. The van der Waals surface area contributed by atoms with Crippen molar-refractivity contribution < 1.29 is 14.6 Å². The molecule has 0 saturated carbocycles. The van der Waals surface area contributed by atoms with Gasteiger partial charge in [0.25, 0.3) is 0 Å². The minimum Gasteiger partial charge on any atom is -0.478 e. The highest BCUT2D eigenvalue weighted by molar-refractivity contribution is 5.91. The highest BCUT2D eigenvalue weighted by atomic mass is 16.5. The van der Waals surface area contributed by atoms with E-state index in [0.29, 0.717) is 17.6 Å². The fourth-order valence-electron chi connectivity index (χ4n) is 1.67. The zero-order valence-corrected chi connectivity index (χ0v) is 11.5. The van der Waals surface area contributed by atoms with Crippen LogP contribution < -0.4 is 9.64 Å². The van der Waals surface area contributed by atoms with Gasteiger partial charge in [-0.2, -0.15) is 4.98 Å². The Hall–Kier alpha value is -2.63. The molecule has 0 unspecified atom stereocenters. The molecule has 0 spiro atoms. The maximum atomic E-state index is 11.2. The molecule has 0 radical (unpaired) electrons. The maximum absolute atomic E-state index is 11.2. The van der Waals surface area contributed by atoms with Crippen molar-refractivity contribution in [2.75, 3.05) is 19.0 Å². The van der Waals surface area contributed by atoms with E-state index >= 15 is 0 Å². The smallest absolute Gasteiger partial charge is 0.339 e. The van der Waals surface area contributed by atoms with Crippen LogP contribution in [0.15, 0.2) is 30.5 Å². The first-order valence-corrected chi connectivity index (χ1v) is 6.00. The standard InChI is InChI=1S/C14H15N3O3/c1-9-5-4-6-10(13(18)19)12(9)20-11-7-8-15-14(16-11)17(2)3/h4-8H,1-3H3,(H,18,19). The van der Waals surface area contributed by atoms with Crippen molar-refractivity contribution in [2.45, 2.75) is 6.92 Å². The first kappa shape index (κ1) is 13.8. The number of rotatable bonds is 4. The number of nitrogens with zero attached hydrogens (tertiary/aromatic N) is 3. The van der Waals surface area contributed by atoms with Gasteiger partial charge in [-0.3, -0.25) is 0 Å². The molecular weight excluding hydrogens is 258 g/mol. The molecule has 0 amide bonds. The van der Waals surface area contributed by atoms with Gasteiger partial charge in [-0.05, 0) is 18.6 Å². The number of carboxylic acid groups (broad SMARTS) is 1. The Balaban J connectivity index is 2.40. The van der Waals surface area contributed by atoms with E-state index in [9.17, 15) is 9.90 Å². The van der Waals surface area contributed by atoms with Crippen molar-refractivity contribution >= 4 is 11.9 Å². The van der Waals surface area contributed by atoms with Gasteiger partial charge in [0.1, 0.15) is 11.3 Å². The van der Waals surface area contributed by atoms with E-state index in [1.54, 1.807) is 36.2 Å². The average molecular weight is 273 g/mol. The third kappa shape index (κ3) is 2.85. The van der Waals surface area contributed by atoms with Gasteiger partial charge in [0.05, 0.1) is 0 Å². The third-order valence-electron chi connectivity index (χ3n) is 2.67. The van der Waals surface area contributed by atoms with Gasteiger partial charge in [-0.25, -0.2) is 9.78 Å². The number of ether oxygens (including phenoxy) is 1.